The molecule has 0 saturated heterocycles. The molecule has 2 rings (SSSR count). The van der Waals surface area contributed by atoms with Crippen molar-refractivity contribution in [3.8, 4) is 11.1 Å². The van der Waals surface area contributed by atoms with Gasteiger partial charge >= 0.3 is 0 Å². The fourth-order valence-electron chi connectivity index (χ4n) is 2.04. The van der Waals surface area contributed by atoms with Gasteiger partial charge in [-0.15, -0.1) is 0 Å². The van der Waals surface area contributed by atoms with Crippen LogP contribution in [-0.4, -0.2) is 21.2 Å². The van der Waals surface area contributed by atoms with E-state index in [-0.39, 0.29) is 0 Å². The van der Waals surface area contributed by atoms with Crippen LogP contribution < -0.4 is 4.90 Å². The molecule has 0 aromatic heterocycles. The first kappa shape index (κ1) is 13.9. The lowest BCUT2D eigenvalue weighted by molar-refractivity contribution is 0.185. The maximum atomic E-state index is 5.94. The first-order valence-corrected chi connectivity index (χ1v) is 6.54. The molecule has 0 aliphatic heterocycles. The van der Waals surface area contributed by atoms with Crippen molar-refractivity contribution in [1.82, 2.24) is 0 Å². The fraction of sp³-hybridized carbons (Fsp3) is 0.250. The van der Waals surface area contributed by atoms with E-state index in [9.17, 15) is 0 Å². The van der Waals surface area contributed by atoms with E-state index < -0.39 is 0 Å². The van der Waals surface area contributed by atoms with Crippen LogP contribution >= 0.6 is 11.6 Å². The van der Waals surface area contributed by atoms with Gasteiger partial charge in [0.2, 0.25) is 0 Å². The smallest absolute Gasteiger partial charge is 0.0719 e. The molecule has 0 amide bonds. The molecular formula is C16H18ClNO. The number of halogens is 1. The topological polar surface area (TPSA) is 12.5 Å². The van der Waals surface area contributed by atoms with Crippen LogP contribution in [0.25, 0.3) is 11.1 Å². The summed E-state index contributed by atoms with van der Waals surface area (Å²) in [5.74, 6) is 0. The molecule has 0 aliphatic carbocycles. The predicted octanol–water partition coefficient (Wildman–Crippen LogP) is 4.22. The number of benzene rings is 2. The third-order valence-electron chi connectivity index (χ3n) is 3.06. The minimum Gasteiger partial charge on any atom is -0.380 e. The standard InChI is InChI=1S/C16H18ClNO/c1-18(2)15-8-9-16(13(10-15)11-19-3)12-4-6-14(17)7-5-12/h4-10H,11H2,1-3H3. The lowest BCUT2D eigenvalue weighted by Gasteiger charge is -2.16. The van der Waals surface area contributed by atoms with Crippen LogP contribution in [0.1, 0.15) is 5.56 Å². The third kappa shape index (κ3) is 3.28. The molecule has 2 aromatic rings. The Balaban J connectivity index is 2.46. The molecule has 0 N–H and O–H groups in total. The van der Waals surface area contributed by atoms with Crippen molar-refractivity contribution in [2.45, 2.75) is 6.61 Å². The summed E-state index contributed by atoms with van der Waals surface area (Å²) in [6, 6.07) is 14.3. The Bertz CT molecular complexity index is 549. The summed E-state index contributed by atoms with van der Waals surface area (Å²) < 4.78 is 5.30. The summed E-state index contributed by atoms with van der Waals surface area (Å²) in [5.41, 5.74) is 4.69. The quantitative estimate of drug-likeness (QED) is 0.828. The Morgan fingerprint density at radius 2 is 1.74 bits per heavy atom. The molecule has 19 heavy (non-hydrogen) atoms. The summed E-state index contributed by atoms with van der Waals surface area (Å²) >= 11 is 5.94. The highest BCUT2D eigenvalue weighted by Crippen LogP contribution is 2.28. The van der Waals surface area contributed by atoms with Crippen molar-refractivity contribution in [3.05, 3.63) is 53.1 Å². The van der Waals surface area contributed by atoms with Crippen LogP contribution in [0, 0.1) is 0 Å². The fourth-order valence-corrected chi connectivity index (χ4v) is 2.17. The average molecular weight is 276 g/mol. The van der Waals surface area contributed by atoms with Gasteiger partial charge in [0.15, 0.2) is 0 Å². The molecule has 0 unspecified atom stereocenters. The van der Waals surface area contributed by atoms with Crippen molar-refractivity contribution >= 4 is 17.3 Å². The minimum atomic E-state index is 0.597. The van der Waals surface area contributed by atoms with E-state index >= 15 is 0 Å². The van der Waals surface area contributed by atoms with Gasteiger partial charge in [-0.1, -0.05) is 29.8 Å². The number of ether oxygens (including phenoxy) is 1. The second kappa shape index (κ2) is 6.09. The lowest BCUT2D eigenvalue weighted by atomic mass is 9.99. The zero-order chi connectivity index (χ0) is 13.8. The van der Waals surface area contributed by atoms with Crippen LogP contribution in [0.4, 0.5) is 5.69 Å². The van der Waals surface area contributed by atoms with Crippen LogP contribution in [0.5, 0.6) is 0 Å². The molecule has 0 bridgehead atoms. The number of nitrogens with zero attached hydrogens (tertiary/aromatic N) is 1. The summed E-state index contributed by atoms with van der Waals surface area (Å²) in [5, 5.41) is 0.752. The molecule has 0 atom stereocenters. The number of rotatable bonds is 4. The van der Waals surface area contributed by atoms with Gasteiger partial charge in [0.1, 0.15) is 0 Å². The molecule has 0 spiro atoms. The molecular weight excluding hydrogens is 258 g/mol. The first-order chi connectivity index (χ1) is 9.11. The van der Waals surface area contributed by atoms with Crippen molar-refractivity contribution in [1.29, 1.82) is 0 Å². The highest BCUT2D eigenvalue weighted by molar-refractivity contribution is 6.30. The van der Waals surface area contributed by atoms with E-state index in [4.69, 9.17) is 16.3 Å². The van der Waals surface area contributed by atoms with E-state index in [0.717, 1.165) is 10.6 Å². The van der Waals surface area contributed by atoms with Crippen LogP contribution in [-0.2, 0) is 11.3 Å². The maximum absolute atomic E-state index is 5.94. The molecule has 3 heteroatoms. The highest BCUT2D eigenvalue weighted by Gasteiger charge is 2.07. The molecule has 0 radical (unpaired) electrons. The van der Waals surface area contributed by atoms with E-state index in [2.05, 4.69) is 23.1 Å². The lowest BCUT2D eigenvalue weighted by Crippen LogP contribution is -2.09. The summed E-state index contributed by atoms with van der Waals surface area (Å²) in [4.78, 5) is 2.09. The van der Waals surface area contributed by atoms with Crippen LogP contribution in [0.15, 0.2) is 42.5 Å². The second-order valence-corrected chi connectivity index (χ2v) is 5.11. The largest absolute Gasteiger partial charge is 0.380 e. The molecule has 2 nitrogen and oxygen atoms in total. The Hall–Kier alpha value is -1.51. The molecule has 0 saturated carbocycles. The highest BCUT2D eigenvalue weighted by atomic mass is 35.5. The minimum absolute atomic E-state index is 0.597. The third-order valence-corrected chi connectivity index (χ3v) is 3.31. The van der Waals surface area contributed by atoms with E-state index in [1.54, 1.807) is 7.11 Å². The van der Waals surface area contributed by atoms with Crippen molar-refractivity contribution < 1.29 is 4.74 Å². The van der Waals surface area contributed by atoms with Gasteiger partial charge in [-0.05, 0) is 41.0 Å². The molecule has 2 aromatic carbocycles. The first-order valence-electron chi connectivity index (χ1n) is 6.17. The summed E-state index contributed by atoms with van der Waals surface area (Å²) in [6.07, 6.45) is 0. The van der Waals surface area contributed by atoms with Gasteiger partial charge in [-0.2, -0.15) is 0 Å². The Morgan fingerprint density at radius 1 is 1.05 bits per heavy atom. The number of methoxy groups -OCH3 is 1. The average Bonchev–Trinajstić information content (AvgIpc) is 2.40. The van der Waals surface area contributed by atoms with Gasteiger partial charge in [-0.3, -0.25) is 0 Å². The molecule has 0 heterocycles. The SMILES string of the molecule is COCc1cc(N(C)C)ccc1-c1ccc(Cl)cc1. The maximum Gasteiger partial charge on any atom is 0.0719 e. The number of hydrogen-bond acceptors (Lipinski definition) is 2. The zero-order valence-corrected chi connectivity index (χ0v) is 12.2. The molecule has 0 fully saturated rings. The molecule has 0 aliphatic rings. The number of hydrogen-bond donors (Lipinski definition) is 0. The Morgan fingerprint density at radius 3 is 2.32 bits per heavy atom. The Kier molecular flexibility index (Phi) is 4.46. The van der Waals surface area contributed by atoms with Gasteiger partial charge in [0, 0.05) is 31.9 Å². The zero-order valence-electron chi connectivity index (χ0n) is 11.5. The van der Waals surface area contributed by atoms with E-state index in [1.165, 1.54) is 16.8 Å². The normalized spacial score (nSPS) is 10.5. The van der Waals surface area contributed by atoms with Crippen molar-refractivity contribution in [2.24, 2.45) is 0 Å². The van der Waals surface area contributed by atoms with Gasteiger partial charge in [0.05, 0.1) is 6.61 Å². The molecule has 100 valence electrons. The van der Waals surface area contributed by atoms with Gasteiger partial charge < -0.3 is 9.64 Å². The second-order valence-electron chi connectivity index (χ2n) is 4.68. The Labute approximate surface area is 119 Å². The van der Waals surface area contributed by atoms with Crippen LogP contribution in [0.3, 0.4) is 0 Å². The summed E-state index contributed by atoms with van der Waals surface area (Å²) in [7, 11) is 5.79. The van der Waals surface area contributed by atoms with Gasteiger partial charge in [0.25, 0.3) is 0 Å². The monoisotopic (exact) mass is 275 g/mol. The predicted molar refractivity (Wildman–Crippen MR) is 81.9 cm³/mol. The summed E-state index contributed by atoms with van der Waals surface area (Å²) in [6.45, 7) is 0.597. The van der Waals surface area contributed by atoms with Crippen LogP contribution in [0.2, 0.25) is 5.02 Å². The van der Waals surface area contributed by atoms with Gasteiger partial charge in [-0.25, -0.2) is 0 Å². The van der Waals surface area contributed by atoms with E-state index in [0.29, 0.717) is 6.61 Å². The van der Waals surface area contributed by atoms with Crippen molar-refractivity contribution in [3.63, 3.8) is 0 Å². The van der Waals surface area contributed by atoms with E-state index in [1.807, 2.05) is 38.4 Å². The number of anilines is 1. The van der Waals surface area contributed by atoms with Crippen molar-refractivity contribution in [2.75, 3.05) is 26.1 Å².